The predicted octanol–water partition coefficient (Wildman–Crippen LogP) is 2.33. The first kappa shape index (κ1) is 9.77. The predicted molar refractivity (Wildman–Crippen MR) is 62.1 cm³/mol. The maximum Gasteiger partial charge on any atom is 0.112 e. The molecule has 0 radical (unpaired) electrons. The van der Waals surface area contributed by atoms with Crippen molar-refractivity contribution in [2.75, 3.05) is 5.73 Å². The van der Waals surface area contributed by atoms with E-state index in [-0.39, 0.29) is 0 Å². The molecular weight excluding hydrogens is 186 g/mol. The average molecular weight is 201 g/mol. The van der Waals surface area contributed by atoms with E-state index in [1.165, 1.54) is 5.56 Å². The third-order valence-electron chi connectivity index (χ3n) is 2.51. The van der Waals surface area contributed by atoms with Crippen molar-refractivity contribution in [2.24, 2.45) is 0 Å². The fourth-order valence-electron chi connectivity index (χ4n) is 1.76. The summed E-state index contributed by atoms with van der Waals surface area (Å²) in [5, 5.41) is 0. The molecule has 0 aliphatic heterocycles. The second-order valence-electron chi connectivity index (χ2n) is 3.61. The smallest absolute Gasteiger partial charge is 0.112 e. The molecule has 0 aliphatic rings. The molecule has 0 spiro atoms. The molecule has 1 aromatic heterocycles. The van der Waals surface area contributed by atoms with Crippen LogP contribution in [0.1, 0.15) is 18.3 Å². The average Bonchev–Trinajstić information content (AvgIpc) is 2.65. The molecule has 0 aliphatic carbocycles. The van der Waals surface area contributed by atoms with Gasteiger partial charge in [-0.2, -0.15) is 0 Å². The Morgan fingerprint density at radius 3 is 2.87 bits per heavy atom. The summed E-state index contributed by atoms with van der Waals surface area (Å²) in [6.07, 6.45) is 4.74. The molecular formula is C12H15N3. The van der Waals surface area contributed by atoms with Crippen molar-refractivity contribution in [3.05, 3.63) is 42.0 Å². The van der Waals surface area contributed by atoms with Crippen LogP contribution in [-0.2, 0) is 6.42 Å². The van der Waals surface area contributed by atoms with Gasteiger partial charge in [0, 0.05) is 30.2 Å². The van der Waals surface area contributed by atoms with Crippen molar-refractivity contribution in [1.82, 2.24) is 9.55 Å². The number of nitrogens with two attached hydrogens (primary N) is 1. The summed E-state index contributed by atoms with van der Waals surface area (Å²) in [6, 6.07) is 5.93. The van der Waals surface area contributed by atoms with Gasteiger partial charge in [0.05, 0.1) is 0 Å². The van der Waals surface area contributed by atoms with Crippen molar-refractivity contribution >= 4 is 5.69 Å². The van der Waals surface area contributed by atoms with Crippen LogP contribution < -0.4 is 5.73 Å². The van der Waals surface area contributed by atoms with Crippen LogP contribution in [0.3, 0.4) is 0 Å². The second kappa shape index (κ2) is 3.77. The minimum absolute atomic E-state index is 0.800. The third-order valence-corrected chi connectivity index (χ3v) is 2.51. The van der Waals surface area contributed by atoms with Gasteiger partial charge < -0.3 is 10.3 Å². The lowest BCUT2D eigenvalue weighted by atomic mass is 10.1. The zero-order valence-electron chi connectivity index (χ0n) is 9.07. The number of nitrogens with zero attached hydrogens (tertiary/aromatic N) is 2. The Labute approximate surface area is 89.6 Å². The van der Waals surface area contributed by atoms with Crippen molar-refractivity contribution in [3.63, 3.8) is 0 Å². The zero-order valence-corrected chi connectivity index (χ0v) is 9.07. The first-order chi connectivity index (χ1) is 7.22. The van der Waals surface area contributed by atoms with Crippen LogP contribution in [0.5, 0.6) is 0 Å². The standard InChI is InChI=1S/C12H15N3/c1-3-12-14-6-7-15(12)11-5-4-10(13)8-9(11)2/h4-8H,3,13H2,1-2H3. The Morgan fingerprint density at radius 2 is 2.20 bits per heavy atom. The Kier molecular flexibility index (Phi) is 2.46. The van der Waals surface area contributed by atoms with Gasteiger partial charge in [-0.05, 0) is 30.7 Å². The molecule has 2 aromatic rings. The van der Waals surface area contributed by atoms with E-state index in [1.54, 1.807) is 0 Å². The molecule has 2 N–H and O–H groups in total. The van der Waals surface area contributed by atoms with Crippen molar-refractivity contribution < 1.29 is 0 Å². The van der Waals surface area contributed by atoms with Gasteiger partial charge in [0.1, 0.15) is 5.82 Å². The van der Waals surface area contributed by atoms with E-state index in [2.05, 4.69) is 23.4 Å². The number of aromatic nitrogens is 2. The van der Waals surface area contributed by atoms with E-state index in [4.69, 9.17) is 5.73 Å². The van der Waals surface area contributed by atoms with Gasteiger partial charge in [-0.25, -0.2) is 4.98 Å². The summed E-state index contributed by atoms with van der Waals surface area (Å²) < 4.78 is 2.11. The normalized spacial score (nSPS) is 10.5. The largest absolute Gasteiger partial charge is 0.399 e. The SMILES string of the molecule is CCc1nccn1-c1ccc(N)cc1C. The summed E-state index contributed by atoms with van der Waals surface area (Å²) in [6.45, 7) is 4.16. The second-order valence-corrected chi connectivity index (χ2v) is 3.61. The van der Waals surface area contributed by atoms with Crippen molar-refractivity contribution in [1.29, 1.82) is 0 Å². The first-order valence-electron chi connectivity index (χ1n) is 5.11. The summed E-state index contributed by atoms with van der Waals surface area (Å²) in [7, 11) is 0. The first-order valence-corrected chi connectivity index (χ1v) is 5.11. The van der Waals surface area contributed by atoms with Gasteiger partial charge in [-0.3, -0.25) is 0 Å². The van der Waals surface area contributed by atoms with Crippen LogP contribution in [-0.4, -0.2) is 9.55 Å². The monoisotopic (exact) mass is 201 g/mol. The Morgan fingerprint density at radius 1 is 1.40 bits per heavy atom. The maximum atomic E-state index is 5.73. The number of nitrogen functional groups attached to an aromatic ring is 1. The number of hydrogen-bond acceptors (Lipinski definition) is 2. The van der Waals surface area contributed by atoms with Gasteiger partial charge in [0.2, 0.25) is 0 Å². The fraction of sp³-hybridized carbons (Fsp3) is 0.250. The van der Waals surface area contributed by atoms with Crippen molar-refractivity contribution in [3.8, 4) is 5.69 Å². The quantitative estimate of drug-likeness (QED) is 0.758. The lowest BCUT2D eigenvalue weighted by molar-refractivity contribution is 0.886. The van der Waals surface area contributed by atoms with Gasteiger partial charge in [0.15, 0.2) is 0 Å². The van der Waals surface area contributed by atoms with Gasteiger partial charge in [-0.15, -0.1) is 0 Å². The molecule has 0 unspecified atom stereocenters. The molecule has 0 bridgehead atoms. The zero-order chi connectivity index (χ0) is 10.8. The lowest BCUT2D eigenvalue weighted by Gasteiger charge is -2.10. The van der Waals surface area contributed by atoms with E-state index in [9.17, 15) is 0 Å². The van der Waals surface area contributed by atoms with Crippen LogP contribution in [0.2, 0.25) is 0 Å². The van der Waals surface area contributed by atoms with E-state index in [0.29, 0.717) is 0 Å². The molecule has 1 aromatic carbocycles. The highest BCUT2D eigenvalue weighted by Crippen LogP contribution is 2.18. The van der Waals surface area contributed by atoms with Crippen LogP contribution in [0.25, 0.3) is 5.69 Å². The molecule has 2 rings (SSSR count). The topological polar surface area (TPSA) is 43.8 Å². The highest BCUT2D eigenvalue weighted by atomic mass is 15.1. The maximum absolute atomic E-state index is 5.73. The highest BCUT2D eigenvalue weighted by Gasteiger charge is 2.05. The molecule has 0 atom stereocenters. The summed E-state index contributed by atoms with van der Waals surface area (Å²) >= 11 is 0. The van der Waals surface area contributed by atoms with Gasteiger partial charge in [-0.1, -0.05) is 6.92 Å². The summed E-state index contributed by atoms with van der Waals surface area (Å²) in [5.41, 5.74) is 8.85. The molecule has 3 heteroatoms. The lowest BCUT2D eigenvalue weighted by Crippen LogP contribution is -2.01. The van der Waals surface area contributed by atoms with Crippen LogP contribution in [0.4, 0.5) is 5.69 Å². The van der Waals surface area contributed by atoms with E-state index in [0.717, 1.165) is 23.6 Å². The molecule has 1 heterocycles. The van der Waals surface area contributed by atoms with Gasteiger partial charge >= 0.3 is 0 Å². The minimum Gasteiger partial charge on any atom is -0.399 e. The van der Waals surface area contributed by atoms with E-state index < -0.39 is 0 Å². The van der Waals surface area contributed by atoms with Crippen LogP contribution >= 0.6 is 0 Å². The Balaban J connectivity index is 2.54. The number of hydrogen-bond donors (Lipinski definition) is 1. The number of anilines is 1. The van der Waals surface area contributed by atoms with Crippen LogP contribution in [0, 0.1) is 6.92 Å². The number of rotatable bonds is 2. The third kappa shape index (κ3) is 1.73. The number of imidazole rings is 1. The number of benzene rings is 1. The molecule has 0 saturated heterocycles. The Hall–Kier alpha value is -1.77. The highest BCUT2D eigenvalue weighted by molar-refractivity contribution is 5.51. The Bertz CT molecular complexity index is 471. The molecule has 0 amide bonds. The molecule has 0 saturated carbocycles. The van der Waals surface area contributed by atoms with E-state index in [1.807, 2.05) is 30.6 Å². The minimum atomic E-state index is 0.800. The van der Waals surface area contributed by atoms with Crippen LogP contribution in [0.15, 0.2) is 30.6 Å². The molecule has 0 fully saturated rings. The van der Waals surface area contributed by atoms with E-state index >= 15 is 0 Å². The summed E-state index contributed by atoms with van der Waals surface area (Å²) in [5.74, 6) is 1.07. The molecule has 3 nitrogen and oxygen atoms in total. The van der Waals surface area contributed by atoms with Gasteiger partial charge in [0.25, 0.3) is 0 Å². The molecule has 15 heavy (non-hydrogen) atoms. The fourth-order valence-corrected chi connectivity index (χ4v) is 1.76. The molecule has 78 valence electrons. The number of aryl methyl sites for hydroxylation is 2. The summed E-state index contributed by atoms with van der Waals surface area (Å²) in [4.78, 5) is 4.31. The van der Waals surface area contributed by atoms with Crippen molar-refractivity contribution in [2.45, 2.75) is 20.3 Å².